The molecule has 1 fully saturated rings. The summed E-state index contributed by atoms with van der Waals surface area (Å²) in [5.41, 5.74) is 0.0583. The van der Waals surface area contributed by atoms with E-state index in [1.807, 2.05) is 0 Å². The monoisotopic (exact) mass is 321 g/mol. The lowest BCUT2D eigenvalue weighted by atomic mass is 10.2. The minimum atomic E-state index is -3.68. The van der Waals surface area contributed by atoms with Gasteiger partial charge >= 0.3 is 5.97 Å². The molecule has 0 atom stereocenters. The fourth-order valence-electron chi connectivity index (χ4n) is 2.23. The molecule has 3 rings (SSSR count). The molecule has 0 radical (unpaired) electrons. The topological polar surface area (TPSA) is 87.8 Å². The number of hydrogen-bond donors (Lipinski definition) is 1. The van der Waals surface area contributed by atoms with Gasteiger partial charge in [0.25, 0.3) is 0 Å². The van der Waals surface area contributed by atoms with Crippen LogP contribution in [0.3, 0.4) is 0 Å². The molecule has 2 aromatic rings. The number of nitrogens with zero attached hydrogens (tertiary/aromatic N) is 1. The Hall–Kier alpha value is -2.12. The number of hydrogen-bond acceptors (Lipinski definition) is 4. The summed E-state index contributed by atoms with van der Waals surface area (Å²) in [6, 6.07) is 8.69. The van der Waals surface area contributed by atoms with Crippen LogP contribution >= 0.6 is 0 Å². The van der Waals surface area contributed by atoms with Gasteiger partial charge in [-0.2, -0.15) is 4.31 Å². The molecule has 0 unspecified atom stereocenters. The number of sulfonamides is 1. The molecule has 0 amide bonds. The quantitative estimate of drug-likeness (QED) is 0.882. The van der Waals surface area contributed by atoms with Crippen molar-refractivity contribution in [3.8, 4) is 0 Å². The second-order valence-electron chi connectivity index (χ2n) is 5.19. The Morgan fingerprint density at radius 2 is 1.91 bits per heavy atom. The van der Waals surface area contributed by atoms with Crippen molar-refractivity contribution >= 4 is 16.0 Å². The molecule has 1 aliphatic carbocycles. The third-order valence-corrected chi connectivity index (χ3v) is 5.47. The van der Waals surface area contributed by atoms with Crippen molar-refractivity contribution in [2.75, 3.05) is 0 Å². The van der Waals surface area contributed by atoms with Gasteiger partial charge in [-0.25, -0.2) is 13.2 Å². The highest BCUT2D eigenvalue weighted by Crippen LogP contribution is 2.33. The minimum Gasteiger partial charge on any atom is -0.478 e. The molecule has 7 heteroatoms. The maximum Gasteiger partial charge on any atom is 0.335 e. The minimum absolute atomic E-state index is 0.0192. The summed E-state index contributed by atoms with van der Waals surface area (Å²) in [6.45, 7) is 0.181. The first-order chi connectivity index (χ1) is 10.5. The van der Waals surface area contributed by atoms with Gasteiger partial charge in [0.15, 0.2) is 0 Å². The second-order valence-corrected chi connectivity index (χ2v) is 7.08. The van der Waals surface area contributed by atoms with E-state index in [1.165, 1.54) is 34.8 Å². The molecule has 1 heterocycles. The van der Waals surface area contributed by atoms with Gasteiger partial charge in [-0.3, -0.25) is 0 Å². The largest absolute Gasteiger partial charge is 0.478 e. The Morgan fingerprint density at radius 3 is 2.41 bits per heavy atom. The van der Waals surface area contributed by atoms with E-state index in [1.54, 1.807) is 12.1 Å². The Morgan fingerprint density at radius 1 is 1.23 bits per heavy atom. The summed E-state index contributed by atoms with van der Waals surface area (Å²) >= 11 is 0. The van der Waals surface area contributed by atoms with Crippen molar-refractivity contribution in [2.24, 2.45) is 0 Å². The van der Waals surface area contributed by atoms with Gasteiger partial charge in [-0.05, 0) is 49.2 Å². The van der Waals surface area contributed by atoms with Gasteiger partial charge in [0.2, 0.25) is 10.0 Å². The average molecular weight is 321 g/mol. The van der Waals surface area contributed by atoms with E-state index in [2.05, 4.69) is 0 Å². The van der Waals surface area contributed by atoms with Gasteiger partial charge in [-0.15, -0.1) is 0 Å². The van der Waals surface area contributed by atoms with Crippen molar-refractivity contribution in [3.63, 3.8) is 0 Å². The summed E-state index contributed by atoms with van der Waals surface area (Å²) in [5.74, 6) is -0.504. The van der Waals surface area contributed by atoms with E-state index in [0.717, 1.165) is 12.8 Å². The lowest BCUT2D eigenvalue weighted by molar-refractivity contribution is 0.0696. The Labute approximate surface area is 128 Å². The molecule has 0 bridgehead atoms. The summed E-state index contributed by atoms with van der Waals surface area (Å²) in [4.78, 5) is 10.9. The van der Waals surface area contributed by atoms with E-state index in [9.17, 15) is 13.2 Å². The number of carboxylic acids is 1. The predicted molar refractivity (Wildman–Crippen MR) is 77.9 cm³/mol. The van der Waals surface area contributed by atoms with Gasteiger partial charge in [0, 0.05) is 6.04 Å². The van der Waals surface area contributed by atoms with Crippen molar-refractivity contribution < 1.29 is 22.7 Å². The fourth-order valence-corrected chi connectivity index (χ4v) is 3.89. The standard InChI is InChI=1S/C15H15NO5S/c17-15(18)11-3-7-14(8-4-11)22(19,20)16(12-5-6-12)10-13-2-1-9-21-13/h1-4,7-9,12H,5-6,10H2,(H,17,18). The normalized spacial score (nSPS) is 15.1. The number of benzene rings is 1. The second kappa shape index (κ2) is 5.58. The molecular formula is C15H15NO5S. The predicted octanol–water partition coefficient (Wildman–Crippen LogP) is 2.33. The maximum atomic E-state index is 12.8. The van der Waals surface area contributed by atoms with Crippen LogP contribution in [0.2, 0.25) is 0 Å². The molecule has 1 saturated carbocycles. The summed E-state index contributed by atoms with van der Waals surface area (Å²) in [5, 5.41) is 8.88. The molecule has 0 saturated heterocycles. The van der Waals surface area contributed by atoms with E-state index >= 15 is 0 Å². The van der Waals surface area contributed by atoms with Crippen LogP contribution in [0.4, 0.5) is 0 Å². The summed E-state index contributed by atoms with van der Waals surface area (Å²) < 4.78 is 32.2. The van der Waals surface area contributed by atoms with Gasteiger partial charge in [0.05, 0.1) is 23.3 Å². The van der Waals surface area contributed by atoms with Crippen molar-refractivity contribution in [1.82, 2.24) is 4.31 Å². The Bertz CT molecular complexity index is 761. The van der Waals surface area contributed by atoms with Crippen molar-refractivity contribution in [3.05, 3.63) is 54.0 Å². The van der Waals surface area contributed by atoms with Crippen LogP contribution in [0, 0.1) is 0 Å². The maximum absolute atomic E-state index is 12.8. The van der Waals surface area contributed by atoms with Crippen LogP contribution in [0.15, 0.2) is 52.0 Å². The Balaban J connectivity index is 1.90. The summed E-state index contributed by atoms with van der Waals surface area (Å²) in [7, 11) is -3.68. The Kier molecular flexibility index (Phi) is 3.76. The molecule has 1 N–H and O–H groups in total. The number of aromatic carboxylic acids is 1. The van der Waals surface area contributed by atoms with Gasteiger partial charge in [0.1, 0.15) is 5.76 Å². The van der Waals surface area contributed by atoms with E-state index in [4.69, 9.17) is 9.52 Å². The summed E-state index contributed by atoms with van der Waals surface area (Å²) in [6.07, 6.45) is 3.16. The van der Waals surface area contributed by atoms with E-state index in [-0.39, 0.29) is 23.0 Å². The highest BCUT2D eigenvalue weighted by atomic mass is 32.2. The fraction of sp³-hybridized carbons (Fsp3) is 0.267. The number of carbonyl (C=O) groups is 1. The highest BCUT2D eigenvalue weighted by molar-refractivity contribution is 7.89. The number of rotatable bonds is 6. The SMILES string of the molecule is O=C(O)c1ccc(S(=O)(=O)N(Cc2ccco2)C2CC2)cc1. The van der Waals surface area contributed by atoms with Gasteiger partial charge in [-0.1, -0.05) is 0 Å². The first-order valence-electron chi connectivity index (χ1n) is 6.86. The smallest absolute Gasteiger partial charge is 0.335 e. The first kappa shape index (κ1) is 14.8. The molecular weight excluding hydrogens is 306 g/mol. The van der Waals surface area contributed by atoms with Crippen LogP contribution < -0.4 is 0 Å². The molecule has 0 aliphatic heterocycles. The van der Waals surface area contributed by atoms with E-state index < -0.39 is 16.0 Å². The zero-order chi connectivity index (χ0) is 15.7. The average Bonchev–Trinajstić information content (AvgIpc) is 3.20. The first-order valence-corrected chi connectivity index (χ1v) is 8.30. The zero-order valence-corrected chi connectivity index (χ0v) is 12.5. The molecule has 1 aromatic carbocycles. The zero-order valence-electron chi connectivity index (χ0n) is 11.7. The molecule has 0 spiro atoms. The van der Waals surface area contributed by atoms with Crippen LogP contribution in [0.25, 0.3) is 0 Å². The molecule has 116 valence electrons. The lowest BCUT2D eigenvalue weighted by Crippen LogP contribution is -2.32. The number of carboxylic acid groups (broad SMARTS) is 1. The highest BCUT2D eigenvalue weighted by Gasteiger charge is 2.38. The van der Waals surface area contributed by atoms with Crippen molar-refractivity contribution in [2.45, 2.75) is 30.3 Å². The molecule has 22 heavy (non-hydrogen) atoms. The molecule has 1 aromatic heterocycles. The van der Waals surface area contributed by atoms with E-state index in [0.29, 0.717) is 5.76 Å². The third-order valence-electron chi connectivity index (χ3n) is 3.55. The molecule has 1 aliphatic rings. The van der Waals surface area contributed by atoms with Crippen LogP contribution in [-0.4, -0.2) is 29.8 Å². The third kappa shape index (κ3) is 2.90. The molecule has 6 nitrogen and oxygen atoms in total. The van der Waals surface area contributed by atoms with Crippen molar-refractivity contribution in [1.29, 1.82) is 0 Å². The number of furan rings is 1. The lowest BCUT2D eigenvalue weighted by Gasteiger charge is -2.20. The van der Waals surface area contributed by atoms with Gasteiger partial charge < -0.3 is 9.52 Å². The van der Waals surface area contributed by atoms with Crippen LogP contribution in [-0.2, 0) is 16.6 Å². The van der Waals surface area contributed by atoms with Crippen LogP contribution in [0.1, 0.15) is 29.0 Å². The van der Waals surface area contributed by atoms with Crippen LogP contribution in [0.5, 0.6) is 0 Å².